The Balaban J connectivity index is 1.28. The van der Waals surface area contributed by atoms with E-state index >= 15 is 0 Å². The molecule has 4 saturated carbocycles. The van der Waals surface area contributed by atoms with Crippen molar-refractivity contribution in [2.75, 3.05) is 0 Å². The molecule has 1 aromatic rings. The quantitative estimate of drug-likeness (QED) is 0.378. The van der Waals surface area contributed by atoms with Gasteiger partial charge in [0.25, 0.3) is 0 Å². The highest BCUT2D eigenvalue weighted by molar-refractivity contribution is 5.90. The fourth-order valence-corrected chi connectivity index (χ4v) is 8.12. The third-order valence-corrected chi connectivity index (χ3v) is 9.39. The summed E-state index contributed by atoms with van der Waals surface area (Å²) in [5.74, 6) is -2.85. The van der Waals surface area contributed by atoms with Gasteiger partial charge in [0.1, 0.15) is 11.4 Å². The Kier molecular flexibility index (Phi) is 5.68. The molecule has 8 unspecified atom stereocenters. The molecule has 0 aliphatic heterocycles. The molecule has 1 aromatic carbocycles. The molecular formula is C27H34F2O5. The first-order valence-electron chi connectivity index (χ1n) is 12.7. The molecule has 4 fully saturated rings. The van der Waals surface area contributed by atoms with E-state index in [0.717, 1.165) is 42.4 Å². The molecule has 186 valence electrons. The number of carbonyl (C=O) groups is 2. The number of esters is 1. The minimum atomic E-state index is -4.17. The van der Waals surface area contributed by atoms with Crippen molar-refractivity contribution in [1.29, 1.82) is 0 Å². The van der Waals surface area contributed by atoms with Crippen LogP contribution in [0.15, 0.2) is 24.3 Å². The molecule has 0 saturated heterocycles. The SMILES string of the molecule is CCC1(Oc2ccc(C(=O)OC(C(C)C)C(F)(F)C(=O)O)cc2)CC2CC1C1C3CCC(C3)C21. The smallest absolute Gasteiger partial charge is 0.378 e. The fraction of sp³-hybridized carbons (Fsp3) is 0.704. The average molecular weight is 477 g/mol. The van der Waals surface area contributed by atoms with Gasteiger partial charge in [-0.15, -0.1) is 0 Å². The van der Waals surface area contributed by atoms with Crippen molar-refractivity contribution in [3.05, 3.63) is 29.8 Å². The maximum Gasteiger partial charge on any atom is 0.378 e. The first kappa shape index (κ1) is 23.6. The van der Waals surface area contributed by atoms with Crippen LogP contribution < -0.4 is 4.74 Å². The maximum atomic E-state index is 14.0. The molecule has 4 aliphatic carbocycles. The van der Waals surface area contributed by atoms with E-state index in [1.165, 1.54) is 51.7 Å². The number of hydrogen-bond donors (Lipinski definition) is 1. The largest absolute Gasteiger partial charge is 0.487 e. The van der Waals surface area contributed by atoms with Gasteiger partial charge in [0.2, 0.25) is 0 Å². The molecule has 34 heavy (non-hydrogen) atoms. The minimum Gasteiger partial charge on any atom is -0.487 e. The van der Waals surface area contributed by atoms with Crippen molar-refractivity contribution in [1.82, 2.24) is 0 Å². The van der Waals surface area contributed by atoms with Crippen LogP contribution in [0.2, 0.25) is 0 Å². The lowest BCUT2D eigenvalue weighted by atomic mass is 9.65. The van der Waals surface area contributed by atoms with Crippen molar-refractivity contribution >= 4 is 11.9 Å². The van der Waals surface area contributed by atoms with E-state index in [9.17, 15) is 18.4 Å². The Morgan fingerprint density at radius 1 is 1.09 bits per heavy atom. The predicted octanol–water partition coefficient (Wildman–Crippen LogP) is 5.82. The van der Waals surface area contributed by atoms with Gasteiger partial charge in [-0.25, -0.2) is 9.59 Å². The highest BCUT2D eigenvalue weighted by Gasteiger charge is 2.67. The Hall–Kier alpha value is -2.18. The lowest BCUT2D eigenvalue weighted by molar-refractivity contribution is -0.187. The van der Waals surface area contributed by atoms with Crippen LogP contribution in [-0.2, 0) is 9.53 Å². The third kappa shape index (κ3) is 3.53. The number of fused-ring (bicyclic) bond motifs is 9. The summed E-state index contributed by atoms with van der Waals surface area (Å²) in [5.41, 5.74) is -0.0872. The zero-order valence-electron chi connectivity index (χ0n) is 20.0. The van der Waals surface area contributed by atoms with E-state index in [-0.39, 0.29) is 11.2 Å². The van der Waals surface area contributed by atoms with Gasteiger partial charge in [0, 0.05) is 5.92 Å². The van der Waals surface area contributed by atoms with Crippen molar-refractivity contribution in [3.8, 4) is 5.75 Å². The topological polar surface area (TPSA) is 72.8 Å². The normalized spacial score (nSPS) is 36.5. The molecule has 0 heterocycles. The Labute approximate surface area is 199 Å². The van der Waals surface area contributed by atoms with E-state index in [2.05, 4.69) is 6.92 Å². The van der Waals surface area contributed by atoms with Gasteiger partial charge in [-0.2, -0.15) is 8.78 Å². The van der Waals surface area contributed by atoms with E-state index in [1.807, 2.05) is 0 Å². The van der Waals surface area contributed by atoms with Crippen molar-refractivity contribution in [2.24, 2.45) is 41.4 Å². The fourth-order valence-electron chi connectivity index (χ4n) is 8.12. The number of alkyl halides is 2. The van der Waals surface area contributed by atoms with Gasteiger partial charge >= 0.3 is 17.9 Å². The van der Waals surface area contributed by atoms with Gasteiger partial charge in [-0.3, -0.25) is 0 Å². The molecule has 1 N–H and O–H groups in total. The zero-order valence-corrected chi connectivity index (χ0v) is 20.0. The summed E-state index contributed by atoms with van der Waals surface area (Å²) in [6.45, 7) is 4.99. The first-order chi connectivity index (χ1) is 16.1. The Morgan fingerprint density at radius 3 is 2.32 bits per heavy atom. The van der Waals surface area contributed by atoms with Crippen LogP contribution in [0.5, 0.6) is 5.75 Å². The van der Waals surface area contributed by atoms with E-state index in [1.54, 1.807) is 12.1 Å². The second kappa shape index (κ2) is 8.20. The molecule has 0 radical (unpaired) electrons. The van der Waals surface area contributed by atoms with Crippen molar-refractivity contribution < 1.29 is 33.0 Å². The van der Waals surface area contributed by atoms with Crippen LogP contribution in [0.1, 0.15) is 69.7 Å². The first-order valence-corrected chi connectivity index (χ1v) is 12.7. The number of halogens is 2. The lowest BCUT2D eigenvalue weighted by Gasteiger charge is -2.46. The van der Waals surface area contributed by atoms with Gasteiger partial charge in [0.05, 0.1) is 5.56 Å². The zero-order chi connectivity index (χ0) is 24.4. The maximum absolute atomic E-state index is 14.0. The molecule has 0 amide bonds. The molecular weight excluding hydrogens is 442 g/mol. The van der Waals surface area contributed by atoms with Crippen LogP contribution in [0.4, 0.5) is 8.78 Å². The summed E-state index contributed by atoms with van der Waals surface area (Å²) >= 11 is 0. The number of carbonyl (C=O) groups excluding carboxylic acids is 1. The number of benzene rings is 1. The van der Waals surface area contributed by atoms with E-state index < -0.39 is 29.9 Å². The lowest BCUT2D eigenvalue weighted by Crippen LogP contribution is -2.48. The van der Waals surface area contributed by atoms with Crippen LogP contribution >= 0.6 is 0 Å². The predicted molar refractivity (Wildman–Crippen MR) is 121 cm³/mol. The van der Waals surface area contributed by atoms with Gasteiger partial charge in [-0.1, -0.05) is 20.8 Å². The number of hydrogen-bond acceptors (Lipinski definition) is 4. The Bertz CT molecular complexity index is 960. The number of aliphatic carboxylic acids is 1. The Morgan fingerprint density at radius 2 is 1.74 bits per heavy atom. The molecule has 8 atom stereocenters. The molecule has 5 nitrogen and oxygen atoms in total. The summed E-state index contributed by atoms with van der Waals surface area (Å²) in [6, 6.07) is 6.39. The monoisotopic (exact) mass is 476 g/mol. The number of rotatable bonds is 8. The second-order valence-electron chi connectivity index (χ2n) is 11.3. The summed E-state index contributed by atoms with van der Waals surface area (Å²) in [5, 5.41) is 8.84. The average Bonchev–Trinajstić information content (AvgIpc) is 3.56. The highest BCUT2D eigenvalue weighted by atomic mass is 19.3. The van der Waals surface area contributed by atoms with Crippen LogP contribution in [0.3, 0.4) is 0 Å². The standard InChI is InChI=1S/C27H34F2O5/c1-4-26(13-18-12-20(26)22-17-6-5-16(11-17)21(18)22)34-19-9-7-15(8-10-19)24(30)33-23(14(2)3)27(28,29)25(31)32/h7-10,14,16-18,20-23H,4-6,11-13H2,1-3H3,(H,31,32). The number of carboxylic acids is 1. The van der Waals surface area contributed by atoms with Gasteiger partial charge < -0.3 is 14.6 Å². The van der Waals surface area contributed by atoms with Crippen LogP contribution in [0.25, 0.3) is 0 Å². The molecule has 7 heteroatoms. The molecule has 5 rings (SSSR count). The molecule has 0 aromatic heterocycles. The molecule has 0 spiro atoms. The van der Waals surface area contributed by atoms with Crippen LogP contribution in [-0.4, -0.2) is 34.7 Å². The second-order valence-corrected chi connectivity index (χ2v) is 11.3. The van der Waals surface area contributed by atoms with Gasteiger partial charge in [0.15, 0.2) is 6.10 Å². The van der Waals surface area contributed by atoms with E-state index in [4.69, 9.17) is 14.6 Å². The third-order valence-electron chi connectivity index (χ3n) is 9.39. The van der Waals surface area contributed by atoms with Crippen molar-refractivity contribution in [2.45, 2.75) is 76.9 Å². The van der Waals surface area contributed by atoms with Crippen molar-refractivity contribution in [3.63, 3.8) is 0 Å². The van der Waals surface area contributed by atoms with Crippen LogP contribution in [0, 0.1) is 41.4 Å². The summed E-state index contributed by atoms with van der Waals surface area (Å²) < 4.78 is 39.7. The molecule has 4 aliphatic rings. The highest BCUT2D eigenvalue weighted by Crippen LogP contribution is 2.70. The number of ether oxygens (including phenoxy) is 2. The summed E-state index contributed by atoms with van der Waals surface area (Å²) in [7, 11) is 0. The minimum absolute atomic E-state index is 0.0887. The molecule has 4 bridgehead atoms. The summed E-state index contributed by atoms with van der Waals surface area (Å²) in [6.07, 6.45) is 5.40. The van der Waals surface area contributed by atoms with E-state index in [0.29, 0.717) is 11.7 Å². The number of carboxylic acid groups (broad SMARTS) is 1. The summed E-state index contributed by atoms with van der Waals surface area (Å²) in [4.78, 5) is 23.5. The van der Waals surface area contributed by atoms with Gasteiger partial charge in [-0.05, 0) is 98.3 Å².